The Hall–Kier alpha value is -2.11. The number of amides is 1. The molecule has 1 fully saturated rings. The summed E-state index contributed by atoms with van der Waals surface area (Å²) in [4.78, 5) is 18.4. The van der Waals surface area contributed by atoms with Crippen molar-refractivity contribution in [3.8, 4) is 16.9 Å². The number of carbonyl (C=O) groups excluding carboxylic acids is 1. The van der Waals surface area contributed by atoms with E-state index in [0.29, 0.717) is 18.1 Å². The van der Waals surface area contributed by atoms with Gasteiger partial charge in [0.2, 0.25) is 5.91 Å². The minimum absolute atomic E-state index is 0.0634. The summed E-state index contributed by atoms with van der Waals surface area (Å²) >= 11 is 6.30. The molecule has 1 aromatic carbocycles. The van der Waals surface area contributed by atoms with Crippen LogP contribution in [0, 0.1) is 0 Å². The topological polar surface area (TPSA) is 54.5 Å². The summed E-state index contributed by atoms with van der Waals surface area (Å²) in [6, 6.07) is 7.76. The molecule has 1 aromatic heterocycles. The summed E-state index contributed by atoms with van der Waals surface area (Å²) in [5.74, 6) is 0.929. The molecule has 1 saturated heterocycles. The van der Waals surface area contributed by atoms with E-state index < -0.39 is 0 Å². The smallest absolute Gasteiger partial charge is 0.234 e. The first-order chi connectivity index (χ1) is 12.7. The number of carbonyl (C=O) groups is 1. The maximum Gasteiger partial charge on any atom is 0.234 e. The highest BCUT2D eigenvalue weighted by atomic mass is 35.5. The van der Waals surface area contributed by atoms with E-state index >= 15 is 0 Å². The van der Waals surface area contributed by atoms with Gasteiger partial charge in [0.05, 0.1) is 13.1 Å². The number of hydrogen-bond acceptors (Lipinski definition) is 4. The monoisotopic (exact) mass is 371 g/mol. The molecule has 6 heteroatoms. The Morgan fingerprint density at radius 2 is 2.04 bits per heavy atom. The fraction of sp³-hybridized carbons (Fsp3) is 0.400. The molecule has 2 aromatic rings. The van der Waals surface area contributed by atoms with Crippen LogP contribution in [-0.4, -0.2) is 48.1 Å². The number of rotatable bonds is 5. The predicted octanol–water partition coefficient (Wildman–Crippen LogP) is 2.92. The average molecular weight is 372 g/mol. The van der Waals surface area contributed by atoms with Crippen LogP contribution in [0.5, 0.6) is 5.75 Å². The largest absolute Gasteiger partial charge is 0.487 e. The number of hydrogen-bond donors (Lipinski definition) is 1. The van der Waals surface area contributed by atoms with E-state index in [1.165, 1.54) is 12.8 Å². The molecule has 4 rings (SSSR count). The Labute approximate surface area is 158 Å². The van der Waals surface area contributed by atoms with Crippen LogP contribution in [-0.2, 0) is 11.2 Å². The second-order valence-corrected chi connectivity index (χ2v) is 7.35. The summed E-state index contributed by atoms with van der Waals surface area (Å²) < 4.78 is 6.16. The Morgan fingerprint density at radius 1 is 1.27 bits per heavy atom. The number of pyridine rings is 1. The van der Waals surface area contributed by atoms with Gasteiger partial charge in [-0.1, -0.05) is 11.6 Å². The maximum absolute atomic E-state index is 12.1. The normalized spacial score (nSPS) is 19.2. The molecule has 1 amide bonds. The van der Waals surface area contributed by atoms with Crippen LogP contribution in [0.4, 0.5) is 0 Å². The maximum atomic E-state index is 12.1. The van der Waals surface area contributed by atoms with E-state index in [-0.39, 0.29) is 12.0 Å². The van der Waals surface area contributed by atoms with E-state index in [9.17, 15) is 4.79 Å². The SMILES string of the molecule is O=C(CN1CCCC1)NC[C@H]1Cc2cc(Cl)cc(-c3ccncc3)c2O1. The summed E-state index contributed by atoms with van der Waals surface area (Å²) in [6.07, 6.45) is 6.57. The number of nitrogens with zero attached hydrogens (tertiary/aromatic N) is 2. The molecule has 0 unspecified atom stereocenters. The molecule has 0 aliphatic carbocycles. The van der Waals surface area contributed by atoms with Crippen LogP contribution in [0.25, 0.3) is 11.1 Å². The van der Waals surface area contributed by atoms with E-state index in [0.717, 1.165) is 42.0 Å². The van der Waals surface area contributed by atoms with Crippen molar-refractivity contribution in [1.82, 2.24) is 15.2 Å². The van der Waals surface area contributed by atoms with Crippen molar-refractivity contribution >= 4 is 17.5 Å². The van der Waals surface area contributed by atoms with Crippen LogP contribution in [0.15, 0.2) is 36.7 Å². The minimum Gasteiger partial charge on any atom is -0.487 e. The fourth-order valence-corrected chi connectivity index (χ4v) is 3.92. The lowest BCUT2D eigenvalue weighted by atomic mass is 10.0. The van der Waals surface area contributed by atoms with Gasteiger partial charge in [0.25, 0.3) is 0 Å². The molecule has 136 valence electrons. The first kappa shape index (κ1) is 17.3. The number of ether oxygens (including phenoxy) is 1. The number of benzene rings is 1. The highest BCUT2D eigenvalue weighted by molar-refractivity contribution is 6.31. The summed E-state index contributed by atoms with van der Waals surface area (Å²) in [5, 5.41) is 3.70. The van der Waals surface area contributed by atoms with Gasteiger partial charge in [-0.3, -0.25) is 14.7 Å². The van der Waals surface area contributed by atoms with Crippen LogP contribution in [0.2, 0.25) is 5.02 Å². The lowest BCUT2D eigenvalue weighted by Gasteiger charge is -2.16. The Morgan fingerprint density at radius 3 is 2.81 bits per heavy atom. The Kier molecular flexibility index (Phi) is 5.09. The lowest BCUT2D eigenvalue weighted by Crippen LogP contribution is -2.40. The third-order valence-electron chi connectivity index (χ3n) is 4.95. The second kappa shape index (κ2) is 7.64. The van der Waals surface area contributed by atoms with Gasteiger partial charge in [-0.05, 0) is 55.8 Å². The van der Waals surface area contributed by atoms with Crippen molar-refractivity contribution < 1.29 is 9.53 Å². The van der Waals surface area contributed by atoms with Gasteiger partial charge < -0.3 is 10.1 Å². The molecule has 26 heavy (non-hydrogen) atoms. The molecule has 5 nitrogen and oxygen atoms in total. The molecule has 3 heterocycles. The number of fused-ring (bicyclic) bond motifs is 1. The van der Waals surface area contributed by atoms with Gasteiger partial charge in [-0.2, -0.15) is 0 Å². The van der Waals surface area contributed by atoms with Gasteiger partial charge >= 0.3 is 0 Å². The Bertz CT molecular complexity index is 791. The van der Waals surface area contributed by atoms with Crippen LogP contribution < -0.4 is 10.1 Å². The molecule has 0 saturated carbocycles. The van der Waals surface area contributed by atoms with Gasteiger partial charge in [0, 0.05) is 35.0 Å². The molecule has 2 aliphatic heterocycles. The molecular formula is C20H22ClN3O2. The van der Waals surface area contributed by atoms with E-state index in [1.54, 1.807) is 12.4 Å². The molecule has 1 atom stereocenters. The first-order valence-electron chi connectivity index (χ1n) is 9.07. The Balaban J connectivity index is 1.41. The molecule has 1 N–H and O–H groups in total. The van der Waals surface area contributed by atoms with Crippen molar-refractivity contribution in [2.24, 2.45) is 0 Å². The zero-order valence-electron chi connectivity index (χ0n) is 14.6. The molecule has 0 bridgehead atoms. The zero-order chi connectivity index (χ0) is 17.9. The van der Waals surface area contributed by atoms with Crippen LogP contribution in [0.1, 0.15) is 18.4 Å². The summed E-state index contributed by atoms with van der Waals surface area (Å²) in [7, 11) is 0. The lowest BCUT2D eigenvalue weighted by molar-refractivity contribution is -0.122. The standard InChI is InChI=1S/C20H22ClN3O2/c21-16-9-15-10-17(12-23-19(25)13-24-7-1-2-8-24)26-20(15)18(11-16)14-3-5-22-6-4-14/h3-6,9,11,17H,1-2,7-8,10,12-13H2,(H,23,25)/t17-/m1/s1. The van der Waals surface area contributed by atoms with Gasteiger partial charge in [0.1, 0.15) is 11.9 Å². The van der Waals surface area contributed by atoms with Crippen molar-refractivity contribution in [3.63, 3.8) is 0 Å². The predicted molar refractivity (Wildman–Crippen MR) is 101 cm³/mol. The van der Waals surface area contributed by atoms with E-state index in [2.05, 4.69) is 15.2 Å². The van der Waals surface area contributed by atoms with Crippen molar-refractivity contribution in [2.45, 2.75) is 25.4 Å². The average Bonchev–Trinajstić information content (AvgIpc) is 3.29. The number of halogens is 1. The van der Waals surface area contributed by atoms with Gasteiger partial charge in [0.15, 0.2) is 0 Å². The van der Waals surface area contributed by atoms with Crippen molar-refractivity contribution in [2.75, 3.05) is 26.2 Å². The van der Waals surface area contributed by atoms with Crippen LogP contribution in [0.3, 0.4) is 0 Å². The van der Waals surface area contributed by atoms with Gasteiger partial charge in [-0.25, -0.2) is 0 Å². The highest BCUT2D eigenvalue weighted by Gasteiger charge is 2.27. The highest BCUT2D eigenvalue weighted by Crippen LogP contribution is 2.40. The van der Waals surface area contributed by atoms with E-state index in [1.807, 2.05) is 24.3 Å². The minimum atomic E-state index is -0.0634. The number of nitrogens with one attached hydrogen (secondary N) is 1. The molecule has 0 spiro atoms. The molecule has 2 aliphatic rings. The molecule has 0 radical (unpaired) electrons. The van der Waals surface area contributed by atoms with Crippen LogP contribution >= 0.6 is 11.6 Å². The fourth-order valence-electron chi connectivity index (χ4n) is 3.68. The molecular weight excluding hydrogens is 350 g/mol. The zero-order valence-corrected chi connectivity index (χ0v) is 15.3. The quantitative estimate of drug-likeness (QED) is 0.878. The number of aromatic nitrogens is 1. The van der Waals surface area contributed by atoms with Crippen molar-refractivity contribution in [3.05, 3.63) is 47.2 Å². The third kappa shape index (κ3) is 3.84. The van der Waals surface area contributed by atoms with Gasteiger partial charge in [-0.15, -0.1) is 0 Å². The summed E-state index contributed by atoms with van der Waals surface area (Å²) in [5.41, 5.74) is 3.08. The first-order valence-corrected chi connectivity index (χ1v) is 9.45. The van der Waals surface area contributed by atoms with E-state index in [4.69, 9.17) is 16.3 Å². The van der Waals surface area contributed by atoms with Crippen molar-refractivity contribution in [1.29, 1.82) is 0 Å². The summed E-state index contributed by atoms with van der Waals surface area (Å²) in [6.45, 7) is 3.03. The second-order valence-electron chi connectivity index (χ2n) is 6.91. The number of likely N-dealkylation sites (tertiary alicyclic amines) is 1. The third-order valence-corrected chi connectivity index (χ3v) is 5.17.